The number of esters is 1. The minimum absolute atomic E-state index is 0.0193. The lowest BCUT2D eigenvalue weighted by molar-refractivity contribution is -0.141. The first-order valence-electron chi connectivity index (χ1n) is 7.16. The second kappa shape index (κ2) is 7.58. The molecular formula is C14H19N3O5. The molecule has 1 heterocycles. The Morgan fingerprint density at radius 1 is 1.41 bits per heavy atom. The Balaban J connectivity index is 1.80. The average Bonchev–Trinajstić information content (AvgIpc) is 3.22. The van der Waals surface area contributed by atoms with Gasteiger partial charge >= 0.3 is 5.97 Å². The van der Waals surface area contributed by atoms with Crippen LogP contribution in [-0.2, 0) is 19.1 Å². The molecule has 0 spiro atoms. The van der Waals surface area contributed by atoms with Gasteiger partial charge in [-0.25, -0.2) is 0 Å². The van der Waals surface area contributed by atoms with Crippen LogP contribution in [0.5, 0.6) is 0 Å². The fourth-order valence-corrected chi connectivity index (χ4v) is 2.05. The molecule has 120 valence electrons. The zero-order valence-corrected chi connectivity index (χ0v) is 12.4. The van der Waals surface area contributed by atoms with Crippen molar-refractivity contribution in [1.29, 1.82) is 0 Å². The van der Waals surface area contributed by atoms with Crippen molar-refractivity contribution in [2.75, 3.05) is 19.0 Å². The molecule has 2 rings (SSSR count). The number of nitrogens with zero attached hydrogens (tertiary/aromatic N) is 2. The first-order chi connectivity index (χ1) is 10.6. The summed E-state index contributed by atoms with van der Waals surface area (Å²) in [5.74, 6) is -0.461. The second-order valence-corrected chi connectivity index (χ2v) is 5.12. The smallest absolute Gasteiger partial charge is 0.305 e. The predicted octanol–water partition coefficient (Wildman–Crippen LogP) is 0.947. The Bertz CT molecular complexity index is 525. The fourth-order valence-electron chi connectivity index (χ4n) is 2.05. The normalized spacial score (nSPS) is 13.5. The van der Waals surface area contributed by atoms with Crippen LogP contribution in [0.4, 0.5) is 5.82 Å². The zero-order chi connectivity index (χ0) is 15.9. The summed E-state index contributed by atoms with van der Waals surface area (Å²) in [6.07, 6.45) is 4.00. The molecule has 1 aliphatic rings. The molecule has 0 bridgehead atoms. The van der Waals surface area contributed by atoms with Gasteiger partial charge in [0, 0.05) is 24.9 Å². The van der Waals surface area contributed by atoms with Crippen molar-refractivity contribution in [3.63, 3.8) is 0 Å². The molecule has 0 aromatic carbocycles. The number of carbonyl (C=O) groups excluding carboxylic acids is 3. The lowest BCUT2D eigenvalue weighted by Crippen LogP contribution is -2.39. The maximum absolute atomic E-state index is 12.2. The van der Waals surface area contributed by atoms with E-state index in [-0.39, 0.29) is 43.2 Å². The van der Waals surface area contributed by atoms with E-state index in [0.717, 1.165) is 12.8 Å². The van der Waals surface area contributed by atoms with E-state index in [1.165, 1.54) is 19.4 Å². The Labute approximate surface area is 127 Å². The number of hydrogen-bond acceptors (Lipinski definition) is 6. The van der Waals surface area contributed by atoms with Crippen LogP contribution in [0.3, 0.4) is 0 Å². The second-order valence-electron chi connectivity index (χ2n) is 5.12. The van der Waals surface area contributed by atoms with Crippen molar-refractivity contribution in [2.24, 2.45) is 0 Å². The van der Waals surface area contributed by atoms with Crippen molar-refractivity contribution < 1.29 is 23.6 Å². The largest absolute Gasteiger partial charge is 0.469 e. The number of rotatable bonds is 8. The molecule has 8 nitrogen and oxygen atoms in total. The first kappa shape index (κ1) is 16.0. The number of aromatic nitrogens is 1. The molecule has 0 radical (unpaired) electrons. The maximum atomic E-state index is 12.2. The fraction of sp³-hybridized carbons (Fsp3) is 0.571. The molecule has 2 amide bonds. The van der Waals surface area contributed by atoms with Gasteiger partial charge in [0.2, 0.25) is 11.8 Å². The van der Waals surface area contributed by atoms with Crippen LogP contribution < -0.4 is 5.32 Å². The van der Waals surface area contributed by atoms with Crippen LogP contribution in [0.1, 0.15) is 32.1 Å². The van der Waals surface area contributed by atoms with Crippen LogP contribution in [0, 0.1) is 0 Å². The molecule has 8 heteroatoms. The SMILES string of the molecule is COC(=O)CCCC(=O)N(CC(=O)Nc1ccon1)C1CC1. The van der Waals surface area contributed by atoms with Gasteiger partial charge in [0.25, 0.3) is 0 Å². The topological polar surface area (TPSA) is 102 Å². The Morgan fingerprint density at radius 3 is 2.77 bits per heavy atom. The molecule has 0 aliphatic heterocycles. The molecule has 0 saturated heterocycles. The third kappa shape index (κ3) is 4.87. The van der Waals surface area contributed by atoms with E-state index in [2.05, 4.69) is 19.7 Å². The number of anilines is 1. The highest BCUT2D eigenvalue weighted by Crippen LogP contribution is 2.27. The lowest BCUT2D eigenvalue weighted by atomic mass is 10.2. The van der Waals surface area contributed by atoms with Crippen LogP contribution in [0.15, 0.2) is 16.9 Å². The highest BCUT2D eigenvalue weighted by Gasteiger charge is 2.33. The third-order valence-electron chi connectivity index (χ3n) is 3.33. The standard InChI is InChI=1S/C14H19N3O5/c1-21-14(20)4-2-3-13(19)17(10-5-6-10)9-12(18)15-11-7-8-22-16-11/h7-8,10H,2-6,9H2,1H3,(H,15,16,18). The molecule has 0 atom stereocenters. The monoisotopic (exact) mass is 309 g/mol. The molecular weight excluding hydrogens is 290 g/mol. The summed E-state index contributed by atoms with van der Waals surface area (Å²) in [6.45, 7) is -0.0193. The number of ether oxygens (including phenoxy) is 1. The lowest BCUT2D eigenvalue weighted by Gasteiger charge is -2.21. The van der Waals surface area contributed by atoms with E-state index in [9.17, 15) is 14.4 Å². The summed E-state index contributed by atoms with van der Waals surface area (Å²) < 4.78 is 9.16. The molecule has 1 aromatic rings. The molecule has 1 aromatic heterocycles. The minimum Gasteiger partial charge on any atom is -0.469 e. The van der Waals surface area contributed by atoms with Gasteiger partial charge in [-0.3, -0.25) is 14.4 Å². The van der Waals surface area contributed by atoms with Gasteiger partial charge in [-0.2, -0.15) is 0 Å². The van der Waals surface area contributed by atoms with Gasteiger partial charge in [0.1, 0.15) is 12.8 Å². The van der Waals surface area contributed by atoms with Crippen LogP contribution in [0.2, 0.25) is 0 Å². The highest BCUT2D eigenvalue weighted by molar-refractivity contribution is 5.94. The third-order valence-corrected chi connectivity index (χ3v) is 3.33. The van der Waals surface area contributed by atoms with Gasteiger partial charge in [0.05, 0.1) is 7.11 Å². The Morgan fingerprint density at radius 2 is 2.18 bits per heavy atom. The number of amides is 2. The van der Waals surface area contributed by atoms with Gasteiger partial charge in [-0.05, 0) is 19.3 Å². The van der Waals surface area contributed by atoms with Crippen molar-refractivity contribution >= 4 is 23.6 Å². The maximum Gasteiger partial charge on any atom is 0.305 e. The van der Waals surface area contributed by atoms with E-state index >= 15 is 0 Å². The van der Waals surface area contributed by atoms with E-state index in [0.29, 0.717) is 12.2 Å². The molecule has 1 fully saturated rings. The summed E-state index contributed by atoms with van der Waals surface area (Å²) in [7, 11) is 1.31. The Hall–Kier alpha value is -2.38. The molecule has 1 saturated carbocycles. The summed E-state index contributed by atoms with van der Waals surface area (Å²) in [4.78, 5) is 36.7. The number of methoxy groups -OCH3 is 1. The number of carbonyl (C=O) groups is 3. The Kier molecular flexibility index (Phi) is 5.51. The molecule has 1 N–H and O–H groups in total. The van der Waals surface area contributed by atoms with Gasteiger partial charge < -0.3 is 19.5 Å². The summed E-state index contributed by atoms with van der Waals surface area (Å²) >= 11 is 0. The minimum atomic E-state index is -0.338. The average molecular weight is 309 g/mol. The van der Waals surface area contributed by atoms with Crippen molar-refractivity contribution in [2.45, 2.75) is 38.1 Å². The summed E-state index contributed by atoms with van der Waals surface area (Å²) in [5, 5.41) is 6.15. The summed E-state index contributed by atoms with van der Waals surface area (Å²) in [6, 6.07) is 1.64. The number of hydrogen-bond donors (Lipinski definition) is 1. The van der Waals surface area contributed by atoms with Gasteiger partial charge in [-0.15, -0.1) is 0 Å². The predicted molar refractivity (Wildman–Crippen MR) is 75.7 cm³/mol. The molecule has 0 unspecified atom stereocenters. The van der Waals surface area contributed by atoms with Crippen molar-refractivity contribution in [3.8, 4) is 0 Å². The van der Waals surface area contributed by atoms with E-state index in [1.807, 2.05) is 0 Å². The quantitative estimate of drug-likeness (QED) is 0.717. The van der Waals surface area contributed by atoms with E-state index < -0.39 is 0 Å². The number of nitrogens with one attached hydrogen (secondary N) is 1. The zero-order valence-electron chi connectivity index (χ0n) is 12.4. The van der Waals surface area contributed by atoms with Crippen LogP contribution >= 0.6 is 0 Å². The molecule has 1 aliphatic carbocycles. The van der Waals surface area contributed by atoms with Crippen LogP contribution in [0.25, 0.3) is 0 Å². The van der Waals surface area contributed by atoms with Gasteiger partial charge in [0.15, 0.2) is 5.82 Å². The highest BCUT2D eigenvalue weighted by atomic mass is 16.5. The summed E-state index contributed by atoms with van der Waals surface area (Å²) in [5.41, 5.74) is 0. The van der Waals surface area contributed by atoms with Crippen LogP contribution in [-0.4, -0.2) is 47.5 Å². The first-order valence-corrected chi connectivity index (χ1v) is 7.16. The molecule has 22 heavy (non-hydrogen) atoms. The van der Waals surface area contributed by atoms with Crippen molar-refractivity contribution in [3.05, 3.63) is 12.3 Å². The van der Waals surface area contributed by atoms with Gasteiger partial charge in [-0.1, -0.05) is 5.16 Å². The van der Waals surface area contributed by atoms with E-state index in [1.54, 1.807) is 4.90 Å². The van der Waals surface area contributed by atoms with E-state index in [4.69, 9.17) is 0 Å². The van der Waals surface area contributed by atoms with Crippen molar-refractivity contribution in [1.82, 2.24) is 10.1 Å².